The van der Waals surface area contributed by atoms with Gasteiger partial charge in [-0.1, -0.05) is 6.07 Å². The summed E-state index contributed by atoms with van der Waals surface area (Å²) in [5.41, 5.74) is 3.61. The number of para-hydroxylation sites is 1. The molecule has 0 aliphatic carbocycles. The third-order valence-corrected chi connectivity index (χ3v) is 3.61. The maximum atomic E-state index is 12.2. The molecule has 0 fully saturated rings. The monoisotopic (exact) mass is 342 g/mol. The minimum atomic E-state index is -0.362. The van der Waals surface area contributed by atoms with E-state index in [0.29, 0.717) is 41.8 Å². The van der Waals surface area contributed by atoms with Crippen molar-refractivity contribution in [2.45, 2.75) is 0 Å². The molecular formula is C18H18N2O5. The first-order valence-electron chi connectivity index (χ1n) is 7.67. The lowest BCUT2D eigenvalue weighted by atomic mass is 10.2. The summed E-state index contributed by atoms with van der Waals surface area (Å²) in [5.74, 6) is 1.95. The summed E-state index contributed by atoms with van der Waals surface area (Å²) < 4.78 is 21.4. The van der Waals surface area contributed by atoms with Crippen LogP contribution in [0.4, 0.5) is 0 Å². The average Bonchev–Trinajstić information content (AvgIpc) is 2.67. The molecular weight excluding hydrogens is 324 g/mol. The molecule has 130 valence electrons. The molecule has 0 radical (unpaired) electrons. The van der Waals surface area contributed by atoms with Crippen LogP contribution in [0.2, 0.25) is 0 Å². The molecule has 1 amide bonds. The van der Waals surface area contributed by atoms with Crippen LogP contribution in [0.15, 0.2) is 41.5 Å². The molecule has 0 aromatic heterocycles. The quantitative estimate of drug-likeness (QED) is 0.666. The highest BCUT2D eigenvalue weighted by molar-refractivity contribution is 5.95. The first kappa shape index (κ1) is 16.6. The Morgan fingerprint density at radius 1 is 1.12 bits per heavy atom. The van der Waals surface area contributed by atoms with Crippen molar-refractivity contribution < 1.29 is 23.7 Å². The number of nitrogens with zero attached hydrogens (tertiary/aromatic N) is 1. The largest absolute Gasteiger partial charge is 0.493 e. The highest BCUT2D eigenvalue weighted by Crippen LogP contribution is 2.32. The SMILES string of the molecule is COc1ccc(C(=O)N/N=C\c2cccc3c2OCCO3)cc1OC. The van der Waals surface area contributed by atoms with E-state index in [1.54, 1.807) is 18.2 Å². The number of hydrogen-bond donors (Lipinski definition) is 1. The Morgan fingerprint density at radius 3 is 2.72 bits per heavy atom. The number of rotatable bonds is 5. The fourth-order valence-corrected chi connectivity index (χ4v) is 2.40. The van der Waals surface area contributed by atoms with Gasteiger partial charge in [-0.3, -0.25) is 4.79 Å². The van der Waals surface area contributed by atoms with Gasteiger partial charge in [0.2, 0.25) is 0 Å². The highest BCUT2D eigenvalue weighted by atomic mass is 16.6. The summed E-state index contributed by atoms with van der Waals surface area (Å²) >= 11 is 0. The number of hydrazone groups is 1. The smallest absolute Gasteiger partial charge is 0.271 e. The number of amides is 1. The van der Waals surface area contributed by atoms with Crippen molar-refractivity contribution in [3.05, 3.63) is 47.5 Å². The van der Waals surface area contributed by atoms with Crippen molar-refractivity contribution >= 4 is 12.1 Å². The van der Waals surface area contributed by atoms with Crippen LogP contribution >= 0.6 is 0 Å². The van der Waals surface area contributed by atoms with E-state index >= 15 is 0 Å². The standard InChI is InChI=1S/C18H18N2O5/c1-22-14-7-6-12(10-16(14)23-2)18(21)20-19-11-13-4-3-5-15-17(13)25-9-8-24-15/h3-7,10-11H,8-9H2,1-2H3,(H,20,21)/b19-11-. The number of carbonyl (C=O) groups excluding carboxylic acids is 1. The summed E-state index contributed by atoms with van der Waals surface area (Å²) in [6.45, 7) is 0.999. The van der Waals surface area contributed by atoms with E-state index in [4.69, 9.17) is 18.9 Å². The molecule has 25 heavy (non-hydrogen) atoms. The Balaban J connectivity index is 1.71. The molecule has 0 saturated carbocycles. The summed E-state index contributed by atoms with van der Waals surface area (Å²) in [7, 11) is 3.05. The Morgan fingerprint density at radius 2 is 1.92 bits per heavy atom. The summed E-state index contributed by atoms with van der Waals surface area (Å²) in [4.78, 5) is 12.2. The van der Waals surface area contributed by atoms with Crippen LogP contribution in [-0.4, -0.2) is 39.6 Å². The number of nitrogens with one attached hydrogen (secondary N) is 1. The Bertz CT molecular complexity index is 804. The van der Waals surface area contributed by atoms with Crippen LogP contribution in [0.25, 0.3) is 0 Å². The molecule has 3 rings (SSSR count). The summed E-state index contributed by atoms with van der Waals surface area (Å²) in [5, 5.41) is 3.99. The van der Waals surface area contributed by atoms with Crippen molar-refractivity contribution in [2.75, 3.05) is 27.4 Å². The molecule has 1 aliphatic rings. The van der Waals surface area contributed by atoms with Gasteiger partial charge in [0.25, 0.3) is 5.91 Å². The van der Waals surface area contributed by atoms with Gasteiger partial charge < -0.3 is 18.9 Å². The van der Waals surface area contributed by atoms with Crippen LogP contribution in [0.1, 0.15) is 15.9 Å². The average molecular weight is 342 g/mol. The van der Waals surface area contributed by atoms with E-state index in [2.05, 4.69) is 10.5 Å². The molecule has 0 spiro atoms. The van der Waals surface area contributed by atoms with E-state index < -0.39 is 0 Å². The van der Waals surface area contributed by atoms with Crippen LogP contribution < -0.4 is 24.4 Å². The van der Waals surface area contributed by atoms with Gasteiger partial charge in [0.05, 0.1) is 20.4 Å². The first-order valence-corrected chi connectivity index (χ1v) is 7.67. The second-order valence-corrected chi connectivity index (χ2v) is 5.14. The fourth-order valence-electron chi connectivity index (χ4n) is 2.40. The molecule has 0 bridgehead atoms. The van der Waals surface area contributed by atoms with Crippen molar-refractivity contribution in [3.8, 4) is 23.0 Å². The molecule has 0 saturated heterocycles. The van der Waals surface area contributed by atoms with Gasteiger partial charge in [-0.05, 0) is 30.3 Å². The maximum absolute atomic E-state index is 12.2. The van der Waals surface area contributed by atoms with Crippen molar-refractivity contribution in [2.24, 2.45) is 5.10 Å². The van der Waals surface area contributed by atoms with Gasteiger partial charge in [-0.15, -0.1) is 0 Å². The predicted molar refractivity (Wildman–Crippen MR) is 92.0 cm³/mol. The van der Waals surface area contributed by atoms with Crippen LogP contribution in [0.5, 0.6) is 23.0 Å². The van der Waals surface area contributed by atoms with Crippen LogP contribution in [-0.2, 0) is 0 Å². The molecule has 2 aromatic rings. The normalized spacial score (nSPS) is 12.7. The topological polar surface area (TPSA) is 78.4 Å². The molecule has 7 heteroatoms. The molecule has 1 N–H and O–H groups in total. The van der Waals surface area contributed by atoms with E-state index in [0.717, 1.165) is 5.56 Å². The second-order valence-electron chi connectivity index (χ2n) is 5.14. The Kier molecular flexibility index (Phi) is 5.03. The van der Waals surface area contributed by atoms with E-state index in [9.17, 15) is 4.79 Å². The number of fused-ring (bicyclic) bond motifs is 1. The Hall–Kier alpha value is -3.22. The number of benzene rings is 2. The van der Waals surface area contributed by atoms with Gasteiger partial charge in [-0.2, -0.15) is 5.10 Å². The lowest BCUT2D eigenvalue weighted by molar-refractivity contribution is 0.0954. The van der Waals surface area contributed by atoms with Crippen LogP contribution in [0, 0.1) is 0 Å². The molecule has 1 heterocycles. The minimum absolute atomic E-state index is 0.362. The molecule has 7 nitrogen and oxygen atoms in total. The maximum Gasteiger partial charge on any atom is 0.271 e. The second kappa shape index (κ2) is 7.57. The minimum Gasteiger partial charge on any atom is -0.493 e. The van der Waals surface area contributed by atoms with Gasteiger partial charge in [-0.25, -0.2) is 5.43 Å². The fraction of sp³-hybridized carbons (Fsp3) is 0.222. The van der Waals surface area contributed by atoms with E-state index in [1.165, 1.54) is 20.4 Å². The number of ether oxygens (including phenoxy) is 4. The van der Waals surface area contributed by atoms with Gasteiger partial charge in [0, 0.05) is 11.1 Å². The molecule has 0 unspecified atom stereocenters. The van der Waals surface area contributed by atoms with E-state index in [-0.39, 0.29) is 5.91 Å². The van der Waals surface area contributed by atoms with Crippen LogP contribution in [0.3, 0.4) is 0 Å². The highest BCUT2D eigenvalue weighted by Gasteiger charge is 2.14. The van der Waals surface area contributed by atoms with Gasteiger partial charge in [0.15, 0.2) is 23.0 Å². The van der Waals surface area contributed by atoms with E-state index in [1.807, 2.05) is 18.2 Å². The van der Waals surface area contributed by atoms with Gasteiger partial charge in [0.1, 0.15) is 13.2 Å². The Labute approximate surface area is 145 Å². The third-order valence-electron chi connectivity index (χ3n) is 3.61. The zero-order chi connectivity index (χ0) is 17.6. The predicted octanol–water partition coefficient (Wildman–Crippen LogP) is 2.24. The summed E-state index contributed by atoms with van der Waals surface area (Å²) in [6, 6.07) is 10.4. The molecule has 1 aliphatic heterocycles. The number of hydrogen-bond acceptors (Lipinski definition) is 6. The lowest BCUT2D eigenvalue weighted by Crippen LogP contribution is -2.18. The zero-order valence-corrected chi connectivity index (χ0v) is 13.9. The third kappa shape index (κ3) is 3.65. The number of methoxy groups -OCH3 is 2. The summed E-state index contributed by atoms with van der Waals surface area (Å²) in [6.07, 6.45) is 1.52. The van der Waals surface area contributed by atoms with Gasteiger partial charge >= 0.3 is 0 Å². The zero-order valence-electron chi connectivity index (χ0n) is 13.9. The first-order chi connectivity index (χ1) is 12.2. The number of carbonyl (C=O) groups is 1. The lowest BCUT2D eigenvalue weighted by Gasteiger charge is -2.19. The van der Waals surface area contributed by atoms with Crippen molar-refractivity contribution in [3.63, 3.8) is 0 Å². The molecule has 0 atom stereocenters. The van der Waals surface area contributed by atoms with Crippen molar-refractivity contribution in [1.82, 2.24) is 5.43 Å². The molecule has 2 aromatic carbocycles. The van der Waals surface area contributed by atoms with Crippen molar-refractivity contribution in [1.29, 1.82) is 0 Å².